The molecule has 3 aromatic carbocycles. The number of carbonyl (C=O) groups excluding carboxylic acids is 1. The van der Waals surface area contributed by atoms with Gasteiger partial charge in [-0.3, -0.25) is 9.69 Å². The molecule has 8 heteroatoms. The average Bonchev–Trinajstić information content (AvgIpc) is 2.75. The lowest BCUT2D eigenvalue weighted by atomic mass is 9.73. The van der Waals surface area contributed by atoms with Crippen LogP contribution in [0.2, 0.25) is 10.0 Å². The van der Waals surface area contributed by atoms with Gasteiger partial charge in [0.2, 0.25) is 5.91 Å². The summed E-state index contributed by atoms with van der Waals surface area (Å²) in [6.07, 6.45) is -4.52. The maximum Gasteiger partial charge on any atom is 0.416 e. The summed E-state index contributed by atoms with van der Waals surface area (Å²) in [4.78, 5) is 14.7. The number of rotatable bonds is 4. The predicted molar refractivity (Wildman–Crippen MR) is 125 cm³/mol. The summed E-state index contributed by atoms with van der Waals surface area (Å²) >= 11 is 12.0. The van der Waals surface area contributed by atoms with Gasteiger partial charge >= 0.3 is 6.18 Å². The first kappa shape index (κ1) is 23.6. The minimum absolute atomic E-state index is 0.0787. The van der Waals surface area contributed by atoms with E-state index in [1.165, 1.54) is 11.0 Å². The van der Waals surface area contributed by atoms with E-state index < -0.39 is 17.2 Å². The van der Waals surface area contributed by atoms with E-state index in [1.807, 2.05) is 26.0 Å². The molecule has 0 aliphatic carbocycles. The zero-order valence-electron chi connectivity index (χ0n) is 17.9. The Morgan fingerprint density at radius 3 is 2.33 bits per heavy atom. The first-order chi connectivity index (χ1) is 15.5. The number of anilines is 2. The summed E-state index contributed by atoms with van der Waals surface area (Å²) < 4.78 is 40.5. The van der Waals surface area contributed by atoms with Crippen molar-refractivity contribution in [2.45, 2.75) is 32.0 Å². The summed E-state index contributed by atoms with van der Waals surface area (Å²) in [6.45, 7) is 4.16. The van der Waals surface area contributed by atoms with Crippen molar-refractivity contribution in [3.05, 3.63) is 93.0 Å². The Morgan fingerprint density at radius 2 is 1.64 bits per heavy atom. The summed E-state index contributed by atoms with van der Waals surface area (Å²) in [6, 6.07) is 16.1. The standard InChI is InChI=1S/C25H21Cl2F3N2O/c1-24(2)17-5-3-4-6-21(17)32(22-12-16(25(28,29)30)8-9-18(22)24)23(33)14-31-13-15-7-10-19(26)20(27)11-15/h3-12,31H,13-14H2,1-2H3. The van der Waals surface area contributed by atoms with E-state index in [4.69, 9.17) is 23.2 Å². The Balaban J connectivity index is 1.68. The molecule has 1 N–H and O–H groups in total. The van der Waals surface area contributed by atoms with Crippen LogP contribution in [0.1, 0.15) is 36.1 Å². The highest BCUT2D eigenvalue weighted by Gasteiger charge is 2.40. The van der Waals surface area contributed by atoms with Gasteiger partial charge in [-0.25, -0.2) is 0 Å². The molecule has 0 saturated heterocycles. The van der Waals surface area contributed by atoms with Crippen molar-refractivity contribution < 1.29 is 18.0 Å². The van der Waals surface area contributed by atoms with Gasteiger partial charge in [0.15, 0.2) is 0 Å². The molecule has 0 unspecified atom stereocenters. The second-order valence-electron chi connectivity index (χ2n) is 8.45. The van der Waals surface area contributed by atoms with Gasteiger partial charge in [0, 0.05) is 12.0 Å². The number of hydrogen-bond acceptors (Lipinski definition) is 2. The molecule has 0 aromatic heterocycles. The number of nitrogens with zero attached hydrogens (tertiary/aromatic N) is 1. The number of benzene rings is 3. The highest BCUT2D eigenvalue weighted by Crippen LogP contribution is 2.50. The van der Waals surface area contributed by atoms with Crippen molar-refractivity contribution in [3.8, 4) is 0 Å². The quantitative estimate of drug-likeness (QED) is 0.420. The molecule has 1 aliphatic rings. The van der Waals surface area contributed by atoms with Gasteiger partial charge in [0.05, 0.1) is 33.5 Å². The molecule has 172 valence electrons. The van der Waals surface area contributed by atoms with Crippen LogP contribution in [0.5, 0.6) is 0 Å². The Bertz CT molecular complexity index is 1220. The molecule has 1 heterocycles. The van der Waals surface area contributed by atoms with E-state index in [-0.39, 0.29) is 18.1 Å². The van der Waals surface area contributed by atoms with E-state index in [1.54, 1.807) is 30.3 Å². The van der Waals surface area contributed by atoms with E-state index in [9.17, 15) is 18.0 Å². The molecule has 33 heavy (non-hydrogen) atoms. The maximum absolute atomic E-state index is 13.5. The van der Waals surface area contributed by atoms with Gasteiger partial charge in [-0.1, -0.05) is 67.4 Å². The number of alkyl halides is 3. The van der Waals surface area contributed by atoms with Crippen molar-refractivity contribution in [1.82, 2.24) is 5.32 Å². The molecular weight excluding hydrogens is 472 g/mol. The SMILES string of the molecule is CC1(C)c2ccccc2N(C(=O)CNCc2ccc(Cl)c(Cl)c2)c2cc(C(F)(F)F)ccc21. The van der Waals surface area contributed by atoms with Crippen LogP contribution < -0.4 is 10.2 Å². The number of amides is 1. The summed E-state index contributed by atoms with van der Waals surface area (Å²) in [7, 11) is 0. The third-order valence-corrected chi connectivity index (χ3v) is 6.64. The van der Waals surface area contributed by atoms with E-state index in [0.29, 0.717) is 27.8 Å². The lowest BCUT2D eigenvalue weighted by Gasteiger charge is -2.41. The molecular formula is C25H21Cl2F3N2O. The number of hydrogen-bond donors (Lipinski definition) is 1. The van der Waals surface area contributed by atoms with Crippen molar-refractivity contribution in [2.75, 3.05) is 11.4 Å². The monoisotopic (exact) mass is 492 g/mol. The molecule has 0 fully saturated rings. The van der Waals surface area contributed by atoms with Gasteiger partial charge in [0.25, 0.3) is 0 Å². The van der Waals surface area contributed by atoms with Crippen LogP contribution in [0.4, 0.5) is 24.5 Å². The predicted octanol–water partition coefficient (Wildman–Crippen LogP) is 7.11. The first-order valence-electron chi connectivity index (χ1n) is 10.3. The van der Waals surface area contributed by atoms with Gasteiger partial charge in [-0.15, -0.1) is 0 Å². The Morgan fingerprint density at radius 1 is 0.939 bits per heavy atom. The van der Waals surface area contributed by atoms with E-state index >= 15 is 0 Å². The number of fused-ring (bicyclic) bond motifs is 2. The number of para-hydroxylation sites is 1. The third-order valence-electron chi connectivity index (χ3n) is 5.90. The van der Waals surface area contributed by atoms with Crippen LogP contribution in [0.25, 0.3) is 0 Å². The topological polar surface area (TPSA) is 32.3 Å². The summed E-state index contributed by atoms with van der Waals surface area (Å²) in [5.74, 6) is -0.362. The second-order valence-corrected chi connectivity index (χ2v) is 9.27. The van der Waals surface area contributed by atoms with Gasteiger partial charge in [0.1, 0.15) is 0 Å². The number of halogens is 5. The van der Waals surface area contributed by atoms with Crippen LogP contribution in [-0.2, 0) is 22.9 Å². The molecule has 3 aromatic rings. The van der Waals surface area contributed by atoms with Crippen LogP contribution >= 0.6 is 23.2 Å². The summed E-state index contributed by atoms with van der Waals surface area (Å²) in [5, 5.41) is 3.89. The first-order valence-corrected chi connectivity index (χ1v) is 11.0. The fourth-order valence-electron chi connectivity index (χ4n) is 4.20. The normalized spacial score (nSPS) is 14.6. The Hall–Kier alpha value is -2.54. The number of carbonyl (C=O) groups is 1. The zero-order valence-corrected chi connectivity index (χ0v) is 19.4. The average molecular weight is 493 g/mol. The molecule has 0 radical (unpaired) electrons. The number of nitrogens with one attached hydrogen (secondary N) is 1. The van der Waals surface area contributed by atoms with E-state index in [2.05, 4.69) is 5.32 Å². The van der Waals surface area contributed by atoms with Crippen LogP contribution in [-0.4, -0.2) is 12.5 Å². The zero-order chi connectivity index (χ0) is 24.0. The molecule has 1 amide bonds. The van der Waals surface area contributed by atoms with Crippen LogP contribution in [0.15, 0.2) is 60.7 Å². The fraction of sp³-hybridized carbons (Fsp3) is 0.240. The van der Waals surface area contributed by atoms with Gasteiger partial charge in [-0.2, -0.15) is 13.2 Å². The molecule has 0 atom stereocenters. The second kappa shape index (κ2) is 8.67. The van der Waals surface area contributed by atoms with Gasteiger partial charge < -0.3 is 5.32 Å². The smallest absolute Gasteiger partial charge is 0.304 e. The van der Waals surface area contributed by atoms with Gasteiger partial charge in [-0.05, 0) is 47.0 Å². The molecule has 0 saturated carbocycles. The Kier molecular flexibility index (Phi) is 6.20. The molecule has 0 bridgehead atoms. The lowest BCUT2D eigenvalue weighted by Crippen LogP contribution is -2.41. The van der Waals surface area contributed by atoms with Crippen LogP contribution in [0, 0.1) is 0 Å². The minimum Gasteiger partial charge on any atom is -0.304 e. The Labute approximate surface area is 200 Å². The lowest BCUT2D eigenvalue weighted by molar-refractivity contribution is -0.137. The van der Waals surface area contributed by atoms with Crippen molar-refractivity contribution in [1.29, 1.82) is 0 Å². The van der Waals surface area contributed by atoms with Crippen LogP contribution in [0.3, 0.4) is 0 Å². The highest BCUT2D eigenvalue weighted by atomic mass is 35.5. The summed E-state index contributed by atoms with van der Waals surface area (Å²) in [5.41, 5.74) is 1.82. The van der Waals surface area contributed by atoms with Crippen molar-refractivity contribution in [2.24, 2.45) is 0 Å². The third kappa shape index (κ3) is 4.47. The fourth-order valence-corrected chi connectivity index (χ4v) is 4.53. The maximum atomic E-state index is 13.5. The van der Waals surface area contributed by atoms with Crippen molar-refractivity contribution >= 4 is 40.5 Å². The van der Waals surface area contributed by atoms with E-state index in [0.717, 1.165) is 23.3 Å². The molecule has 0 spiro atoms. The minimum atomic E-state index is -4.52. The van der Waals surface area contributed by atoms with Crippen molar-refractivity contribution in [3.63, 3.8) is 0 Å². The molecule has 4 rings (SSSR count). The molecule has 1 aliphatic heterocycles. The largest absolute Gasteiger partial charge is 0.416 e. The molecule has 3 nitrogen and oxygen atoms in total. The highest BCUT2D eigenvalue weighted by molar-refractivity contribution is 6.42.